The first-order chi connectivity index (χ1) is 9.74. The zero-order valence-corrected chi connectivity index (χ0v) is 12.1. The smallest absolute Gasteiger partial charge is 0.254 e. The molecular formula is C17H23NO2. The minimum atomic E-state index is -0.160. The van der Waals surface area contributed by atoms with Gasteiger partial charge in [0.05, 0.1) is 12.1 Å². The molecule has 1 fully saturated rings. The number of aliphatic hydroxyl groups is 1. The summed E-state index contributed by atoms with van der Waals surface area (Å²) in [5.41, 5.74) is 1.67. The molecule has 2 aliphatic rings. The Morgan fingerprint density at radius 2 is 1.95 bits per heavy atom. The van der Waals surface area contributed by atoms with E-state index < -0.39 is 0 Å². The molecular weight excluding hydrogens is 250 g/mol. The molecule has 1 spiro atoms. The highest BCUT2D eigenvalue weighted by atomic mass is 16.3. The molecule has 1 amide bonds. The lowest BCUT2D eigenvalue weighted by atomic mass is 9.66. The molecule has 1 N–H and O–H groups in total. The summed E-state index contributed by atoms with van der Waals surface area (Å²) in [4.78, 5) is 14.9. The summed E-state index contributed by atoms with van der Waals surface area (Å²) in [6, 6.07) is 7.82. The van der Waals surface area contributed by atoms with Crippen molar-refractivity contribution in [3.05, 3.63) is 35.4 Å². The van der Waals surface area contributed by atoms with E-state index in [2.05, 4.69) is 6.92 Å². The van der Waals surface area contributed by atoms with Gasteiger partial charge in [0.25, 0.3) is 5.91 Å². The Kier molecular flexibility index (Phi) is 3.55. The molecule has 3 nitrogen and oxygen atoms in total. The number of carbonyl (C=O) groups excluding carboxylic acids is 1. The maximum absolute atomic E-state index is 12.8. The van der Waals surface area contributed by atoms with Crippen molar-refractivity contribution in [1.29, 1.82) is 0 Å². The number of hydrogen-bond acceptors (Lipinski definition) is 2. The van der Waals surface area contributed by atoms with Crippen molar-refractivity contribution < 1.29 is 9.90 Å². The first-order valence-corrected chi connectivity index (χ1v) is 7.76. The largest absolute Gasteiger partial charge is 0.396 e. The summed E-state index contributed by atoms with van der Waals surface area (Å²) in [5.74, 6) is 0.214. The maximum atomic E-state index is 12.8. The average Bonchev–Trinajstić information content (AvgIpc) is 2.49. The van der Waals surface area contributed by atoms with Crippen molar-refractivity contribution in [1.82, 2.24) is 4.90 Å². The molecule has 3 heteroatoms. The molecule has 1 aromatic rings. The molecule has 3 rings (SSSR count). The van der Waals surface area contributed by atoms with Gasteiger partial charge < -0.3 is 10.0 Å². The Labute approximate surface area is 120 Å². The van der Waals surface area contributed by atoms with Gasteiger partial charge in [-0.25, -0.2) is 0 Å². The Hall–Kier alpha value is -1.35. The van der Waals surface area contributed by atoms with Gasteiger partial charge in [-0.05, 0) is 31.4 Å². The first kappa shape index (κ1) is 13.6. The number of benzene rings is 1. The van der Waals surface area contributed by atoms with Crippen LogP contribution in [0, 0.1) is 0 Å². The Balaban J connectivity index is 2.15. The molecule has 108 valence electrons. The second-order valence-corrected chi connectivity index (χ2v) is 6.04. The summed E-state index contributed by atoms with van der Waals surface area (Å²) in [6.07, 6.45) is 5.59. The van der Waals surface area contributed by atoms with Gasteiger partial charge in [0.1, 0.15) is 0 Å². The van der Waals surface area contributed by atoms with E-state index >= 15 is 0 Å². The monoisotopic (exact) mass is 273 g/mol. The molecule has 0 aromatic heterocycles. The van der Waals surface area contributed by atoms with Crippen molar-refractivity contribution in [3.8, 4) is 0 Å². The van der Waals surface area contributed by atoms with Gasteiger partial charge in [-0.15, -0.1) is 0 Å². The standard InChI is InChI=1S/C17H23NO2/c1-2-18-16(20)14-9-5-4-8-13(14)15(12-19)17(18)10-6-3-7-11-17/h4-5,8-9,15,19H,2-3,6-7,10-12H2,1H3. The minimum Gasteiger partial charge on any atom is -0.396 e. The van der Waals surface area contributed by atoms with E-state index in [-0.39, 0.29) is 24.0 Å². The van der Waals surface area contributed by atoms with E-state index in [9.17, 15) is 9.90 Å². The third-order valence-electron chi connectivity index (χ3n) is 5.22. The third-order valence-corrected chi connectivity index (χ3v) is 5.22. The molecule has 20 heavy (non-hydrogen) atoms. The normalized spacial score (nSPS) is 24.8. The molecule has 1 heterocycles. The highest BCUT2D eigenvalue weighted by Gasteiger charge is 2.50. The van der Waals surface area contributed by atoms with Crippen LogP contribution in [0.25, 0.3) is 0 Å². The van der Waals surface area contributed by atoms with E-state index in [1.807, 2.05) is 29.2 Å². The molecule has 1 aliphatic carbocycles. The Morgan fingerprint density at radius 1 is 1.25 bits per heavy atom. The summed E-state index contributed by atoms with van der Waals surface area (Å²) in [7, 11) is 0. The van der Waals surface area contributed by atoms with E-state index in [4.69, 9.17) is 0 Å². The first-order valence-electron chi connectivity index (χ1n) is 7.76. The van der Waals surface area contributed by atoms with Crippen LogP contribution in [0.2, 0.25) is 0 Å². The number of likely N-dealkylation sites (N-methyl/N-ethyl adjacent to an activating group) is 1. The van der Waals surface area contributed by atoms with Gasteiger partial charge >= 0.3 is 0 Å². The lowest BCUT2D eigenvalue weighted by Crippen LogP contribution is -2.60. The topological polar surface area (TPSA) is 40.5 Å². The fraction of sp³-hybridized carbons (Fsp3) is 0.588. The molecule has 1 saturated carbocycles. The number of amides is 1. The highest BCUT2D eigenvalue weighted by molar-refractivity contribution is 5.98. The number of carbonyl (C=O) groups is 1. The van der Waals surface area contributed by atoms with Crippen molar-refractivity contribution in [2.24, 2.45) is 0 Å². The highest BCUT2D eigenvalue weighted by Crippen LogP contribution is 2.48. The lowest BCUT2D eigenvalue weighted by Gasteiger charge is -2.54. The zero-order valence-electron chi connectivity index (χ0n) is 12.1. The molecule has 0 saturated heterocycles. The van der Waals surface area contributed by atoms with Crippen molar-refractivity contribution in [3.63, 3.8) is 0 Å². The van der Waals surface area contributed by atoms with Gasteiger partial charge in [-0.2, -0.15) is 0 Å². The SMILES string of the molecule is CCN1C(=O)c2ccccc2C(CO)C12CCCCC2. The fourth-order valence-corrected chi connectivity index (χ4v) is 4.33. The number of aliphatic hydroxyl groups excluding tert-OH is 1. The van der Waals surface area contributed by atoms with Crippen LogP contribution in [0.3, 0.4) is 0 Å². The van der Waals surface area contributed by atoms with Crippen LogP contribution in [-0.4, -0.2) is 34.6 Å². The van der Waals surface area contributed by atoms with E-state index in [1.165, 1.54) is 6.42 Å². The van der Waals surface area contributed by atoms with Crippen molar-refractivity contribution in [2.75, 3.05) is 13.2 Å². The van der Waals surface area contributed by atoms with E-state index in [1.54, 1.807) is 0 Å². The summed E-state index contributed by atoms with van der Waals surface area (Å²) in [6.45, 7) is 2.90. The summed E-state index contributed by atoms with van der Waals surface area (Å²) in [5, 5.41) is 10.0. The number of nitrogens with zero attached hydrogens (tertiary/aromatic N) is 1. The van der Waals surface area contributed by atoms with Gasteiger partial charge in [0.2, 0.25) is 0 Å². The second kappa shape index (κ2) is 5.21. The van der Waals surface area contributed by atoms with Crippen LogP contribution in [0.5, 0.6) is 0 Å². The number of rotatable bonds is 2. The number of hydrogen-bond donors (Lipinski definition) is 1. The molecule has 1 aromatic carbocycles. The number of fused-ring (bicyclic) bond motifs is 1. The Morgan fingerprint density at radius 3 is 2.60 bits per heavy atom. The van der Waals surface area contributed by atoms with Gasteiger partial charge in [0, 0.05) is 18.0 Å². The van der Waals surface area contributed by atoms with Crippen LogP contribution in [0.15, 0.2) is 24.3 Å². The lowest BCUT2D eigenvalue weighted by molar-refractivity contribution is 0.00533. The molecule has 1 aliphatic heterocycles. The van der Waals surface area contributed by atoms with Crippen LogP contribution >= 0.6 is 0 Å². The van der Waals surface area contributed by atoms with Gasteiger partial charge in [-0.1, -0.05) is 37.5 Å². The summed E-state index contributed by atoms with van der Waals surface area (Å²) < 4.78 is 0. The van der Waals surface area contributed by atoms with Gasteiger partial charge in [-0.3, -0.25) is 4.79 Å². The molecule has 0 bridgehead atoms. The van der Waals surface area contributed by atoms with Crippen LogP contribution in [-0.2, 0) is 0 Å². The summed E-state index contributed by atoms with van der Waals surface area (Å²) >= 11 is 0. The Bertz CT molecular complexity index is 505. The molecule has 1 atom stereocenters. The van der Waals surface area contributed by atoms with Crippen LogP contribution in [0.4, 0.5) is 0 Å². The average molecular weight is 273 g/mol. The van der Waals surface area contributed by atoms with Crippen molar-refractivity contribution in [2.45, 2.75) is 50.5 Å². The molecule has 0 radical (unpaired) electrons. The second-order valence-electron chi connectivity index (χ2n) is 6.04. The van der Waals surface area contributed by atoms with Crippen LogP contribution in [0.1, 0.15) is 60.9 Å². The van der Waals surface area contributed by atoms with Crippen molar-refractivity contribution >= 4 is 5.91 Å². The predicted octanol–water partition coefficient (Wildman–Crippen LogP) is 2.94. The minimum absolute atomic E-state index is 0.0663. The zero-order chi connectivity index (χ0) is 14.2. The van der Waals surface area contributed by atoms with Gasteiger partial charge in [0.15, 0.2) is 0 Å². The maximum Gasteiger partial charge on any atom is 0.254 e. The fourth-order valence-electron chi connectivity index (χ4n) is 4.33. The predicted molar refractivity (Wildman–Crippen MR) is 78.8 cm³/mol. The van der Waals surface area contributed by atoms with E-state index in [0.29, 0.717) is 0 Å². The molecule has 1 unspecified atom stereocenters. The van der Waals surface area contributed by atoms with E-state index in [0.717, 1.165) is 43.4 Å². The van der Waals surface area contributed by atoms with Crippen LogP contribution < -0.4 is 0 Å². The third kappa shape index (κ3) is 1.80. The quantitative estimate of drug-likeness (QED) is 0.900.